The van der Waals surface area contributed by atoms with Gasteiger partial charge in [-0.2, -0.15) is 0 Å². The second kappa shape index (κ2) is 7.55. The van der Waals surface area contributed by atoms with Crippen LogP contribution < -0.4 is 15.0 Å². The molecule has 25 heavy (non-hydrogen) atoms. The van der Waals surface area contributed by atoms with Crippen LogP contribution in [0.5, 0.6) is 5.75 Å². The van der Waals surface area contributed by atoms with Crippen LogP contribution in [0.1, 0.15) is 33.6 Å². The third-order valence-electron chi connectivity index (χ3n) is 3.77. The number of methoxy groups -OCH3 is 1. The lowest BCUT2D eigenvalue weighted by atomic mass is 9.97. The molecule has 1 N–H and O–H groups in total. The van der Waals surface area contributed by atoms with E-state index in [1.54, 1.807) is 43.9 Å². The third kappa shape index (κ3) is 4.71. The van der Waals surface area contributed by atoms with E-state index in [4.69, 9.17) is 9.47 Å². The summed E-state index contributed by atoms with van der Waals surface area (Å²) in [6.07, 6.45) is 1.35. The fourth-order valence-electron chi connectivity index (χ4n) is 2.43. The van der Waals surface area contributed by atoms with Gasteiger partial charge in [-0.25, -0.2) is 0 Å². The summed E-state index contributed by atoms with van der Waals surface area (Å²) in [6, 6.07) is 5.07. The van der Waals surface area contributed by atoms with Crippen LogP contribution in [0.15, 0.2) is 18.2 Å². The molecule has 2 amide bonds. The van der Waals surface area contributed by atoms with Gasteiger partial charge in [-0.1, -0.05) is 0 Å². The van der Waals surface area contributed by atoms with Gasteiger partial charge in [-0.05, 0) is 39.3 Å². The molecule has 1 saturated heterocycles. The fourth-order valence-corrected chi connectivity index (χ4v) is 2.43. The van der Waals surface area contributed by atoms with Crippen LogP contribution in [0, 0.1) is 5.41 Å². The maximum absolute atomic E-state index is 11.9. The van der Waals surface area contributed by atoms with Crippen molar-refractivity contribution in [1.82, 2.24) is 0 Å². The molecule has 0 spiro atoms. The van der Waals surface area contributed by atoms with E-state index in [1.807, 2.05) is 0 Å². The van der Waals surface area contributed by atoms with Crippen molar-refractivity contribution in [2.24, 2.45) is 5.41 Å². The van der Waals surface area contributed by atoms with Gasteiger partial charge >= 0.3 is 5.97 Å². The number of carbonyl (C=O) groups is 3. The normalized spacial score (nSPS) is 14.4. The third-order valence-corrected chi connectivity index (χ3v) is 3.77. The number of ether oxygens (including phenoxy) is 2. The van der Waals surface area contributed by atoms with Gasteiger partial charge in [0.25, 0.3) is 5.91 Å². The lowest BCUT2D eigenvalue weighted by molar-refractivity contribution is -0.155. The first kappa shape index (κ1) is 18.8. The van der Waals surface area contributed by atoms with Gasteiger partial charge in [0.05, 0.1) is 18.2 Å². The molecule has 0 radical (unpaired) electrons. The van der Waals surface area contributed by atoms with Gasteiger partial charge < -0.3 is 19.7 Å². The number of esters is 1. The summed E-state index contributed by atoms with van der Waals surface area (Å²) in [6.45, 7) is 5.46. The Morgan fingerprint density at radius 2 is 2.00 bits per heavy atom. The first-order valence-corrected chi connectivity index (χ1v) is 8.18. The van der Waals surface area contributed by atoms with Gasteiger partial charge in [0.15, 0.2) is 6.61 Å². The zero-order valence-electron chi connectivity index (χ0n) is 15.0. The second-order valence-corrected chi connectivity index (χ2v) is 6.91. The highest BCUT2D eigenvalue weighted by atomic mass is 16.5. The van der Waals surface area contributed by atoms with Crippen molar-refractivity contribution in [1.29, 1.82) is 0 Å². The summed E-state index contributed by atoms with van der Waals surface area (Å²) in [5.41, 5.74) is 0.527. The molecule has 7 nitrogen and oxygen atoms in total. The summed E-state index contributed by atoms with van der Waals surface area (Å²) in [4.78, 5) is 37.2. The van der Waals surface area contributed by atoms with Crippen LogP contribution in [-0.2, 0) is 19.1 Å². The maximum Gasteiger partial charge on any atom is 0.311 e. The van der Waals surface area contributed by atoms with Crippen molar-refractivity contribution in [2.45, 2.75) is 33.6 Å². The van der Waals surface area contributed by atoms with Crippen molar-refractivity contribution >= 4 is 29.2 Å². The van der Waals surface area contributed by atoms with Crippen molar-refractivity contribution in [3.63, 3.8) is 0 Å². The average Bonchev–Trinajstić information content (AvgIpc) is 2.97. The zero-order valence-corrected chi connectivity index (χ0v) is 15.0. The molecule has 1 aromatic rings. The molecule has 0 saturated carbocycles. The zero-order chi connectivity index (χ0) is 18.6. The number of hydrogen-bond acceptors (Lipinski definition) is 5. The minimum Gasteiger partial charge on any atom is -0.494 e. The molecule has 136 valence electrons. The van der Waals surface area contributed by atoms with E-state index >= 15 is 0 Å². The molecule has 0 unspecified atom stereocenters. The number of rotatable bonds is 5. The SMILES string of the molecule is COc1cc(NC(=O)COC(=O)C(C)(C)C)ccc1N1CCCC1=O. The average molecular weight is 348 g/mol. The van der Waals surface area contributed by atoms with Crippen LogP contribution in [-0.4, -0.2) is 38.0 Å². The summed E-state index contributed by atoms with van der Waals surface area (Å²) < 4.78 is 10.3. The number of hydrogen-bond donors (Lipinski definition) is 1. The van der Waals surface area contributed by atoms with Gasteiger partial charge in [0.1, 0.15) is 5.75 Å². The minimum absolute atomic E-state index is 0.0594. The molecule has 0 aromatic heterocycles. The Balaban J connectivity index is 2.02. The number of carbonyl (C=O) groups excluding carboxylic acids is 3. The first-order valence-electron chi connectivity index (χ1n) is 8.18. The standard InChI is InChI=1S/C18H24N2O5/c1-18(2,3)17(23)25-11-15(21)19-12-7-8-13(14(10-12)24-4)20-9-5-6-16(20)22/h7-8,10H,5-6,9,11H2,1-4H3,(H,19,21). The molecule has 0 aliphatic carbocycles. The maximum atomic E-state index is 11.9. The monoisotopic (exact) mass is 348 g/mol. The highest BCUT2D eigenvalue weighted by molar-refractivity contribution is 5.98. The van der Waals surface area contributed by atoms with E-state index in [0.717, 1.165) is 6.42 Å². The van der Waals surface area contributed by atoms with Crippen molar-refractivity contribution in [2.75, 3.05) is 30.5 Å². The number of nitrogens with one attached hydrogen (secondary N) is 1. The molecule has 0 atom stereocenters. The molecule has 1 fully saturated rings. The predicted octanol–water partition coefficient (Wildman–Crippen LogP) is 2.35. The first-order chi connectivity index (χ1) is 11.7. The van der Waals surface area contributed by atoms with Gasteiger partial charge in [-0.15, -0.1) is 0 Å². The Morgan fingerprint density at radius 3 is 2.56 bits per heavy atom. The van der Waals surface area contributed by atoms with Crippen LogP contribution >= 0.6 is 0 Å². The predicted molar refractivity (Wildman–Crippen MR) is 93.6 cm³/mol. The van der Waals surface area contributed by atoms with Crippen molar-refractivity contribution in [3.8, 4) is 5.75 Å². The lowest BCUT2D eigenvalue weighted by Gasteiger charge is -2.20. The topological polar surface area (TPSA) is 84.9 Å². The van der Waals surface area contributed by atoms with Gasteiger partial charge in [-0.3, -0.25) is 14.4 Å². The molecule has 7 heteroatoms. The molecule has 1 heterocycles. The summed E-state index contributed by atoms with van der Waals surface area (Å²) in [7, 11) is 1.51. The minimum atomic E-state index is -0.659. The van der Waals surface area contributed by atoms with Gasteiger partial charge in [0, 0.05) is 24.7 Å². The summed E-state index contributed by atoms with van der Waals surface area (Å²) in [5.74, 6) is -0.323. The second-order valence-electron chi connectivity index (χ2n) is 6.91. The van der Waals surface area contributed by atoms with Crippen LogP contribution in [0.25, 0.3) is 0 Å². The molecule has 1 aromatic carbocycles. The van der Waals surface area contributed by atoms with Gasteiger partial charge in [0.2, 0.25) is 5.91 Å². The smallest absolute Gasteiger partial charge is 0.311 e. The van der Waals surface area contributed by atoms with E-state index < -0.39 is 17.3 Å². The van der Waals surface area contributed by atoms with Crippen molar-refractivity contribution in [3.05, 3.63) is 18.2 Å². The Hall–Kier alpha value is -2.57. The van der Waals surface area contributed by atoms with E-state index in [0.29, 0.717) is 30.1 Å². The quantitative estimate of drug-likeness (QED) is 0.826. The van der Waals surface area contributed by atoms with E-state index in [1.165, 1.54) is 7.11 Å². The molecule has 1 aliphatic rings. The largest absolute Gasteiger partial charge is 0.494 e. The fraction of sp³-hybridized carbons (Fsp3) is 0.500. The number of amides is 2. The Bertz CT molecular complexity index is 679. The van der Waals surface area contributed by atoms with Crippen LogP contribution in [0.3, 0.4) is 0 Å². The molecule has 2 rings (SSSR count). The Morgan fingerprint density at radius 1 is 1.28 bits per heavy atom. The highest BCUT2D eigenvalue weighted by Crippen LogP contribution is 2.33. The van der Waals surface area contributed by atoms with E-state index in [2.05, 4.69) is 5.32 Å². The van der Waals surface area contributed by atoms with E-state index in [-0.39, 0.29) is 12.5 Å². The van der Waals surface area contributed by atoms with Crippen LogP contribution in [0.4, 0.5) is 11.4 Å². The summed E-state index contributed by atoms with van der Waals surface area (Å²) >= 11 is 0. The lowest BCUT2D eigenvalue weighted by Crippen LogP contribution is -2.28. The molecular weight excluding hydrogens is 324 g/mol. The number of nitrogens with zero attached hydrogens (tertiary/aromatic N) is 1. The number of anilines is 2. The molecule has 0 bridgehead atoms. The molecular formula is C18H24N2O5. The van der Waals surface area contributed by atoms with Crippen LogP contribution in [0.2, 0.25) is 0 Å². The van der Waals surface area contributed by atoms with E-state index in [9.17, 15) is 14.4 Å². The summed E-state index contributed by atoms with van der Waals surface area (Å²) in [5, 5.41) is 2.65. The molecule has 1 aliphatic heterocycles. The van der Waals surface area contributed by atoms with Crippen molar-refractivity contribution < 1.29 is 23.9 Å². The Labute approximate surface area is 147 Å². The highest BCUT2D eigenvalue weighted by Gasteiger charge is 2.25. The Kier molecular flexibility index (Phi) is 5.66. The number of benzene rings is 1.